The lowest BCUT2D eigenvalue weighted by atomic mass is 10.1. The Kier molecular flexibility index (Phi) is 6.79. The average molecular weight is 391 g/mol. The zero-order chi connectivity index (χ0) is 20.6. The van der Waals surface area contributed by atoms with Gasteiger partial charge in [-0.1, -0.05) is 30.3 Å². The first-order valence-electron chi connectivity index (χ1n) is 9.60. The molecule has 0 spiro atoms. The summed E-state index contributed by atoms with van der Waals surface area (Å²) in [5, 5.41) is 3.88. The van der Waals surface area contributed by atoms with Gasteiger partial charge in [0.2, 0.25) is 11.8 Å². The van der Waals surface area contributed by atoms with Crippen LogP contribution >= 0.6 is 0 Å². The highest BCUT2D eigenvalue weighted by Gasteiger charge is 2.16. The third kappa shape index (κ3) is 5.31. The number of benzene rings is 2. The molecule has 150 valence electrons. The van der Waals surface area contributed by atoms with Crippen molar-refractivity contribution in [3.05, 3.63) is 66.4 Å². The summed E-state index contributed by atoms with van der Waals surface area (Å²) in [6.07, 6.45) is 2.64. The minimum absolute atomic E-state index is 0.0904. The van der Waals surface area contributed by atoms with E-state index < -0.39 is 0 Å². The quantitative estimate of drug-likeness (QED) is 0.639. The number of para-hydroxylation sites is 1. The van der Waals surface area contributed by atoms with Crippen LogP contribution in [-0.2, 0) is 16.0 Å². The zero-order valence-electron chi connectivity index (χ0n) is 16.7. The Balaban J connectivity index is 1.57. The van der Waals surface area contributed by atoms with Crippen molar-refractivity contribution in [2.45, 2.75) is 19.8 Å². The van der Waals surface area contributed by atoms with Gasteiger partial charge in [0.15, 0.2) is 0 Å². The smallest absolute Gasteiger partial charge is 0.223 e. The number of pyridine rings is 1. The van der Waals surface area contributed by atoms with E-state index in [-0.39, 0.29) is 18.2 Å². The van der Waals surface area contributed by atoms with E-state index in [0.29, 0.717) is 19.5 Å². The SMILES string of the molecule is COc1cccc(CCNC(=O)CCN(C(C)=O)c2cccc3cccnc23)c1. The molecule has 0 aliphatic rings. The maximum atomic E-state index is 12.3. The number of amides is 2. The topological polar surface area (TPSA) is 71.5 Å². The van der Waals surface area contributed by atoms with Crippen molar-refractivity contribution in [3.63, 3.8) is 0 Å². The summed E-state index contributed by atoms with van der Waals surface area (Å²) in [5.41, 5.74) is 2.57. The summed E-state index contributed by atoms with van der Waals surface area (Å²) in [4.78, 5) is 30.5. The number of hydrogen-bond donors (Lipinski definition) is 1. The van der Waals surface area contributed by atoms with E-state index in [9.17, 15) is 9.59 Å². The standard InChI is InChI=1S/C23H25N3O3/c1-17(27)26(21-10-4-7-19-8-5-13-25-23(19)21)15-12-22(28)24-14-11-18-6-3-9-20(16-18)29-2/h3-10,13,16H,11-12,14-15H2,1-2H3,(H,24,28). The number of hydrogen-bond acceptors (Lipinski definition) is 4. The fourth-order valence-corrected chi connectivity index (χ4v) is 3.23. The predicted molar refractivity (Wildman–Crippen MR) is 114 cm³/mol. The molecule has 29 heavy (non-hydrogen) atoms. The lowest BCUT2D eigenvalue weighted by Gasteiger charge is -2.22. The molecule has 6 heteroatoms. The van der Waals surface area contributed by atoms with Crippen LogP contribution in [0.25, 0.3) is 10.9 Å². The van der Waals surface area contributed by atoms with Crippen molar-refractivity contribution in [2.75, 3.05) is 25.1 Å². The monoisotopic (exact) mass is 391 g/mol. The number of fused-ring (bicyclic) bond motifs is 1. The van der Waals surface area contributed by atoms with Crippen LogP contribution < -0.4 is 15.0 Å². The summed E-state index contributed by atoms with van der Waals surface area (Å²) >= 11 is 0. The molecule has 2 aromatic carbocycles. The van der Waals surface area contributed by atoms with Gasteiger partial charge in [-0.15, -0.1) is 0 Å². The number of ether oxygens (including phenoxy) is 1. The normalized spacial score (nSPS) is 10.6. The van der Waals surface area contributed by atoms with Crippen molar-refractivity contribution >= 4 is 28.4 Å². The molecule has 0 aliphatic carbocycles. The fraction of sp³-hybridized carbons (Fsp3) is 0.261. The van der Waals surface area contributed by atoms with E-state index in [4.69, 9.17) is 4.74 Å². The highest BCUT2D eigenvalue weighted by Crippen LogP contribution is 2.25. The maximum Gasteiger partial charge on any atom is 0.223 e. The maximum absolute atomic E-state index is 12.3. The highest BCUT2D eigenvalue weighted by atomic mass is 16.5. The van der Waals surface area contributed by atoms with E-state index in [1.54, 1.807) is 18.2 Å². The predicted octanol–water partition coefficient (Wildman–Crippen LogP) is 3.35. The number of nitrogens with zero attached hydrogens (tertiary/aromatic N) is 2. The molecule has 0 bridgehead atoms. The van der Waals surface area contributed by atoms with Crippen molar-refractivity contribution < 1.29 is 14.3 Å². The molecular weight excluding hydrogens is 366 g/mol. The first kappa shape index (κ1) is 20.3. The Morgan fingerprint density at radius 2 is 1.90 bits per heavy atom. The third-order valence-electron chi connectivity index (χ3n) is 4.71. The van der Waals surface area contributed by atoms with Crippen LogP contribution in [0.15, 0.2) is 60.8 Å². The van der Waals surface area contributed by atoms with Gasteiger partial charge in [0, 0.05) is 38.0 Å². The summed E-state index contributed by atoms with van der Waals surface area (Å²) < 4.78 is 5.21. The Labute approximate surface area is 170 Å². The molecule has 0 radical (unpaired) electrons. The van der Waals surface area contributed by atoms with Crippen molar-refractivity contribution in [1.29, 1.82) is 0 Å². The molecule has 2 amide bonds. The lowest BCUT2D eigenvalue weighted by molar-refractivity contribution is -0.121. The molecule has 0 saturated heterocycles. The molecule has 1 N–H and O–H groups in total. The molecule has 0 saturated carbocycles. The van der Waals surface area contributed by atoms with Gasteiger partial charge in [-0.25, -0.2) is 0 Å². The molecule has 1 aromatic heterocycles. The summed E-state index contributed by atoms with van der Waals surface area (Å²) in [6, 6.07) is 17.3. The molecule has 3 aromatic rings. The van der Waals surface area contributed by atoms with E-state index in [2.05, 4.69) is 10.3 Å². The Bertz CT molecular complexity index is 998. The summed E-state index contributed by atoms with van der Waals surface area (Å²) in [6.45, 7) is 2.33. The molecule has 6 nitrogen and oxygen atoms in total. The number of methoxy groups -OCH3 is 1. The Hall–Kier alpha value is -3.41. The van der Waals surface area contributed by atoms with Gasteiger partial charge < -0.3 is 15.0 Å². The van der Waals surface area contributed by atoms with Gasteiger partial charge in [0.25, 0.3) is 0 Å². The van der Waals surface area contributed by atoms with Gasteiger partial charge in [-0.2, -0.15) is 0 Å². The first-order chi connectivity index (χ1) is 14.1. The van der Waals surface area contributed by atoms with Crippen LogP contribution in [0.1, 0.15) is 18.9 Å². The van der Waals surface area contributed by atoms with Crippen LogP contribution in [0.5, 0.6) is 5.75 Å². The molecule has 3 rings (SSSR count). The lowest BCUT2D eigenvalue weighted by Crippen LogP contribution is -2.34. The second-order valence-electron chi connectivity index (χ2n) is 6.72. The molecule has 0 aliphatic heterocycles. The van der Waals surface area contributed by atoms with Crippen LogP contribution in [0, 0.1) is 0 Å². The van der Waals surface area contributed by atoms with E-state index in [0.717, 1.165) is 27.9 Å². The van der Waals surface area contributed by atoms with Crippen molar-refractivity contribution in [1.82, 2.24) is 10.3 Å². The van der Waals surface area contributed by atoms with Gasteiger partial charge in [0.1, 0.15) is 5.75 Å². The van der Waals surface area contributed by atoms with E-state index in [1.165, 1.54) is 6.92 Å². The van der Waals surface area contributed by atoms with E-state index in [1.807, 2.05) is 54.6 Å². The minimum atomic E-state index is -0.118. The minimum Gasteiger partial charge on any atom is -0.497 e. The largest absolute Gasteiger partial charge is 0.497 e. The van der Waals surface area contributed by atoms with Gasteiger partial charge >= 0.3 is 0 Å². The average Bonchev–Trinajstić information content (AvgIpc) is 2.74. The Morgan fingerprint density at radius 3 is 2.69 bits per heavy atom. The number of anilines is 1. The molecular formula is C23H25N3O3. The number of nitrogens with one attached hydrogen (secondary N) is 1. The van der Waals surface area contributed by atoms with Crippen LogP contribution in [0.3, 0.4) is 0 Å². The number of aromatic nitrogens is 1. The van der Waals surface area contributed by atoms with Crippen LogP contribution in [-0.4, -0.2) is 37.0 Å². The molecule has 0 atom stereocenters. The summed E-state index contributed by atoms with van der Waals surface area (Å²) in [7, 11) is 1.63. The second-order valence-corrected chi connectivity index (χ2v) is 6.72. The van der Waals surface area contributed by atoms with Gasteiger partial charge in [0.05, 0.1) is 18.3 Å². The van der Waals surface area contributed by atoms with Crippen molar-refractivity contribution in [3.8, 4) is 5.75 Å². The number of rotatable bonds is 8. The summed E-state index contributed by atoms with van der Waals surface area (Å²) in [5.74, 6) is 0.592. The van der Waals surface area contributed by atoms with Crippen molar-refractivity contribution in [2.24, 2.45) is 0 Å². The number of carbonyl (C=O) groups excluding carboxylic acids is 2. The molecule has 0 unspecified atom stereocenters. The van der Waals surface area contributed by atoms with E-state index >= 15 is 0 Å². The number of carbonyl (C=O) groups is 2. The Morgan fingerprint density at radius 1 is 1.10 bits per heavy atom. The zero-order valence-corrected chi connectivity index (χ0v) is 16.7. The van der Waals surface area contributed by atoms with Crippen LogP contribution in [0.4, 0.5) is 5.69 Å². The van der Waals surface area contributed by atoms with Gasteiger partial charge in [-0.3, -0.25) is 14.6 Å². The molecule has 1 heterocycles. The molecule has 0 fully saturated rings. The highest BCUT2D eigenvalue weighted by molar-refractivity contribution is 6.01. The van der Waals surface area contributed by atoms with Crippen LogP contribution in [0.2, 0.25) is 0 Å². The van der Waals surface area contributed by atoms with Gasteiger partial charge in [-0.05, 0) is 36.2 Å². The second kappa shape index (κ2) is 9.68. The fourth-order valence-electron chi connectivity index (χ4n) is 3.23. The third-order valence-corrected chi connectivity index (χ3v) is 4.71. The first-order valence-corrected chi connectivity index (χ1v) is 9.60.